The summed E-state index contributed by atoms with van der Waals surface area (Å²) in [4.78, 5) is 24.6. The Balaban J connectivity index is 1.56. The fraction of sp³-hybridized carbons (Fsp3) is 0.455. The van der Waals surface area contributed by atoms with Gasteiger partial charge in [0.2, 0.25) is 0 Å². The predicted octanol–water partition coefficient (Wildman–Crippen LogP) is 4.09. The molecule has 0 saturated heterocycles. The molecule has 2 aromatic rings. The first-order valence-corrected chi connectivity index (χ1v) is 9.50. The third-order valence-electron chi connectivity index (χ3n) is 5.36. The Labute approximate surface area is 160 Å². The maximum absolute atomic E-state index is 12.4. The average Bonchev–Trinajstić information content (AvgIpc) is 3.40. The van der Waals surface area contributed by atoms with Crippen LogP contribution in [-0.2, 0) is 9.53 Å². The Morgan fingerprint density at radius 1 is 1.15 bits per heavy atom. The molecule has 3 rings (SSSR count). The van der Waals surface area contributed by atoms with E-state index in [9.17, 15) is 9.59 Å². The topological polar surface area (TPSA) is 60.3 Å². The van der Waals surface area contributed by atoms with E-state index in [0.717, 1.165) is 29.8 Å². The van der Waals surface area contributed by atoms with Crippen LogP contribution in [0, 0.1) is 27.7 Å². The van der Waals surface area contributed by atoms with Gasteiger partial charge in [-0.25, -0.2) is 4.79 Å². The highest BCUT2D eigenvalue weighted by molar-refractivity contribution is 5.92. The molecular formula is C22H28N2O3. The Bertz CT molecular complexity index is 878. The van der Waals surface area contributed by atoms with Crippen LogP contribution < -0.4 is 5.32 Å². The van der Waals surface area contributed by atoms with E-state index in [2.05, 4.69) is 22.9 Å². The standard InChI is InChI=1S/C22H28N2O3/c1-13-6-7-18(10-14(13)2)16(4)23-21(25)12-27-22(26)20-11-15(3)24(17(20)5)19-8-9-19/h6-7,10-11,16,19H,8-9,12H2,1-5H3,(H,23,25)/t16-/m1/s1. The van der Waals surface area contributed by atoms with Crippen molar-refractivity contribution in [2.45, 2.75) is 59.5 Å². The van der Waals surface area contributed by atoms with Gasteiger partial charge in [-0.1, -0.05) is 18.2 Å². The van der Waals surface area contributed by atoms with Gasteiger partial charge >= 0.3 is 5.97 Å². The number of amides is 1. The van der Waals surface area contributed by atoms with E-state index >= 15 is 0 Å². The highest BCUT2D eigenvalue weighted by Gasteiger charge is 2.28. The first-order chi connectivity index (χ1) is 12.8. The minimum atomic E-state index is -0.441. The van der Waals surface area contributed by atoms with Crippen molar-refractivity contribution in [3.8, 4) is 0 Å². The number of nitrogens with zero attached hydrogens (tertiary/aromatic N) is 1. The number of nitrogens with one attached hydrogen (secondary N) is 1. The second kappa shape index (κ2) is 7.59. The Morgan fingerprint density at radius 3 is 2.48 bits per heavy atom. The first kappa shape index (κ1) is 19.2. The number of aryl methyl sites for hydroxylation is 3. The molecule has 1 aliphatic rings. The average molecular weight is 368 g/mol. The Morgan fingerprint density at radius 2 is 1.85 bits per heavy atom. The van der Waals surface area contributed by atoms with Crippen LogP contribution in [-0.4, -0.2) is 23.1 Å². The number of carbonyl (C=O) groups is 2. The fourth-order valence-electron chi connectivity index (χ4n) is 3.49. The lowest BCUT2D eigenvalue weighted by Gasteiger charge is -2.16. The maximum atomic E-state index is 12.4. The molecule has 0 unspecified atom stereocenters. The molecule has 1 atom stereocenters. The summed E-state index contributed by atoms with van der Waals surface area (Å²) in [5, 5.41) is 2.89. The molecule has 0 aliphatic heterocycles. The summed E-state index contributed by atoms with van der Waals surface area (Å²) in [6, 6.07) is 8.34. The van der Waals surface area contributed by atoms with Crippen LogP contribution in [0.15, 0.2) is 24.3 Å². The molecule has 1 aliphatic carbocycles. The second-order valence-corrected chi connectivity index (χ2v) is 7.60. The molecule has 1 N–H and O–H groups in total. The van der Waals surface area contributed by atoms with E-state index < -0.39 is 5.97 Å². The number of esters is 1. The summed E-state index contributed by atoms with van der Waals surface area (Å²) < 4.78 is 7.45. The number of benzene rings is 1. The van der Waals surface area contributed by atoms with Gasteiger partial charge in [0, 0.05) is 17.4 Å². The Hall–Kier alpha value is -2.56. The molecule has 0 bridgehead atoms. The van der Waals surface area contributed by atoms with Gasteiger partial charge in [-0.2, -0.15) is 0 Å². The molecule has 144 valence electrons. The molecule has 0 radical (unpaired) electrons. The lowest BCUT2D eigenvalue weighted by Crippen LogP contribution is -2.31. The minimum Gasteiger partial charge on any atom is -0.452 e. The van der Waals surface area contributed by atoms with Crippen molar-refractivity contribution in [1.29, 1.82) is 0 Å². The third-order valence-corrected chi connectivity index (χ3v) is 5.36. The van der Waals surface area contributed by atoms with E-state index in [4.69, 9.17) is 4.74 Å². The van der Waals surface area contributed by atoms with Crippen molar-refractivity contribution < 1.29 is 14.3 Å². The SMILES string of the molecule is Cc1ccc([C@@H](C)NC(=O)COC(=O)c2cc(C)n(C3CC3)c2C)cc1C. The molecule has 1 heterocycles. The molecule has 1 saturated carbocycles. The lowest BCUT2D eigenvalue weighted by molar-refractivity contribution is -0.124. The van der Waals surface area contributed by atoms with Crippen molar-refractivity contribution >= 4 is 11.9 Å². The van der Waals surface area contributed by atoms with Crippen LogP contribution in [0.5, 0.6) is 0 Å². The van der Waals surface area contributed by atoms with Gasteiger partial charge < -0.3 is 14.6 Å². The van der Waals surface area contributed by atoms with Crippen LogP contribution in [0.25, 0.3) is 0 Å². The summed E-state index contributed by atoms with van der Waals surface area (Å²) in [5.74, 6) is -0.742. The number of ether oxygens (including phenoxy) is 1. The van der Waals surface area contributed by atoms with Gasteiger partial charge in [-0.3, -0.25) is 4.79 Å². The zero-order valence-corrected chi connectivity index (χ0v) is 16.8. The highest BCUT2D eigenvalue weighted by Crippen LogP contribution is 2.38. The van der Waals surface area contributed by atoms with Gasteiger partial charge in [0.1, 0.15) is 0 Å². The second-order valence-electron chi connectivity index (χ2n) is 7.60. The molecule has 1 aromatic carbocycles. The smallest absolute Gasteiger partial charge is 0.340 e. The van der Waals surface area contributed by atoms with Crippen molar-refractivity contribution in [1.82, 2.24) is 9.88 Å². The van der Waals surface area contributed by atoms with E-state index in [1.54, 1.807) is 0 Å². The minimum absolute atomic E-state index is 0.143. The fourth-order valence-corrected chi connectivity index (χ4v) is 3.49. The van der Waals surface area contributed by atoms with Crippen LogP contribution >= 0.6 is 0 Å². The molecule has 5 heteroatoms. The van der Waals surface area contributed by atoms with Crippen LogP contribution in [0.3, 0.4) is 0 Å². The summed E-state index contributed by atoms with van der Waals surface area (Å²) >= 11 is 0. The third kappa shape index (κ3) is 4.24. The molecule has 0 spiro atoms. The highest BCUT2D eigenvalue weighted by atomic mass is 16.5. The van der Waals surface area contributed by atoms with E-state index in [0.29, 0.717) is 11.6 Å². The van der Waals surface area contributed by atoms with Gasteiger partial charge in [-0.15, -0.1) is 0 Å². The number of rotatable bonds is 6. The van der Waals surface area contributed by atoms with Crippen molar-refractivity contribution in [3.05, 3.63) is 57.9 Å². The molecule has 1 amide bonds. The summed E-state index contributed by atoms with van der Waals surface area (Å²) in [6.45, 7) is 9.69. The quantitative estimate of drug-likeness (QED) is 0.781. The van der Waals surface area contributed by atoms with E-state index in [1.807, 2.05) is 45.9 Å². The van der Waals surface area contributed by atoms with E-state index in [1.165, 1.54) is 11.1 Å². The maximum Gasteiger partial charge on any atom is 0.340 e. The molecule has 1 fully saturated rings. The van der Waals surface area contributed by atoms with Crippen molar-refractivity contribution in [2.24, 2.45) is 0 Å². The Kier molecular flexibility index (Phi) is 5.40. The molecule has 1 aromatic heterocycles. The van der Waals surface area contributed by atoms with Gasteiger partial charge in [0.05, 0.1) is 11.6 Å². The first-order valence-electron chi connectivity index (χ1n) is 9.50. The number of hydrogen-bond donors (Lipinski definition) is 1. The predicted molar refractivity (Wildman–Crippen MR) is 105 cm³/mol. The molecule has 27 heavy (non-hydrogen) atoms. The number of aromatic nitrogens is 1. The molecular weight excluding hydrogens is 340 g/mol. The number of carbonyl (C=O) groups excluding carboxylic acids is 2. The normalized spacial score (nSPS) is 14.7. The lowest BCUT2D eigenvalue weighted by atomic mass is 10.0. The van der Waals surface area contributed by atoms with Gasteiger partial charge in [-0.05, 0) is 70.2 Å². The van der Waals surface area contributed by atoms with Crippen LogP contribution in [0.2, 0.25) is 0 Å². The van der Waals surface area contributed by atoms with E-state index in [-0.39, 0.29) is 18.6 Å². The van der Waals surface area contributed by atoms with Crippen molar-refractivity contribution in [3.63, 3.8) is 0 Å². The monoisotopic (exact) mass is 368 g/mol. The summed E-state index contributed by atoms with van der Waals surface area (Å²) in [5.41, 5.74) is 5.97. The number of hydrogen-bond acceptors (Lipinski definition) is 3. The van der Waals surface area contributed by atoms with Crippen LogP contribution in [0.4, 0.5) is 0 Å². The summed E-state index contributed by atoms with van der Waals surface area (Å²) in [6.07, 6.45) is 2.31. The van der Waals surface area contributed by atoms with Crippen molar-refractivity contribution in [2.75, 3.05) is 6.61 Å². The zero-order valence-electron chi connectivity index (χ0n) is 16.8. The summed E-state index contributed by atoms with van der Waals surface area (Å²) in [7, 11) is 0. The largest absolute Gasteiger partial charge is 0.452 e. The molecule has 5 nitrogen and oxygen atoms in total. The zero-order chi connectivity index (χ0) is 19.7. The van der Waals surface area contributed by atoms with Crippen LogP contribution in [0.1, 0.15) is 70.3 Å². The van der Waals surface area contributed by atoms with Gasteiger partial charge in [0.15, 0.2) is 6.61 Å². The van der Waals surface area contributed by atoms with Gasteiger partial charge in [0.25, 0.3) is 5.91 Å².